The van der Waals surface area contributed by atoms with E-state index in [1.165, 1.54) is 0 Å². The Hall–Kier alpha value is -1.43. The summed E-state index contributed by atoms with van der Waals surface area (Å²) in [5.74, 6) is 1.88. The minimum Gasteiger partial charge on any atom is -0.459 e. The van der Waals surface area contributed by atoms with Gasteiger partial charge in [0.25, 0.3) is 0 Å². The first-order chi connectivity index (χ1) is 16.7. The van der Waals surface area contributed by atoms with Gasteiger partial charge in [-0.2, -0.15) is 0 Å². The van der Waals surface area contributed by atoms with Gasteiger partial charge in [-0.25, -0.2) is 4.79 Å². The fraction of sp³-hybridized carbons (Fsp3) is 0.767. The fourth-order valence-corrected chi connectivity index (χ4v) is 9.42. The highest BCUT2D eigenvalue weighted by Gasteiger charge is 2.63. The molecular weight excluding hydrogens is 440 g/mol. The zero-order valence-corrected chi connectivity index (χ0v) is 21.6. The first-order valence-corrected chi connectivity index (χ1v) is 13.9. The molecule has 194 valence electrons. The van der Waals surface area contributed by atoms with Crippen molar-refractivity contribution in [2.24, 2.45) is 46.3 Å². The van der Waals surface area contributed by atoms with E-state index in [9.17, 15) is 20.1 Å². The summed E-state index contributed by atoms with van der Waals surface area (Å²) in [6.45, 7) is 6.76. The third kappa shape index (κ3) is 4.16. The molecule has 0 aromatic heterocycles. The molecule has 0 spiro atoms. The van der Waals surface area contributed by atoms with Crippen LogP contribution in [-0.2, 0) is 4.74 Å². The van der Waals surface area contributed by atoms with Gasteiger partial charge in [0.15, 0.2) is 0 Å². The quantitative estimate of drug-likeness (QED) is 0.521. The second kappa shape index (κ2) is 9.46. The Labute approximate surface area is 210 Å². The minimum absolute atomic E-state index is 0.0740. The molecule has 5 rings (SSSR count). The van der Waals surface area contributed by atoms with Gasteiger partial charge in [-0.1, -0.05) is 39.0 Å². The second-order valence-corrected chi connectivity index (χ2v) is 12.8. The predicted octanol–water partition coefficient (Wildman–Crippen LogP) is 4.83. The van der Waals surface area contributed by atoms with Crippen LogP contribution >= 0.6 is 0 Å². The van der Waals surface area contributed by atoms with Crippen LogP contribution in [0.4, 0.5) is 0 Å². The molecule has 11 atom stereocenters. The molecular formula is C30H44O5. The summed E-state index contributed by atoms with van der Waals surface area (Å²) in [4.78, 5) is 12.7. The number of carbonyl (C=O) groups is 1. The number of aliphatic hydroxyl groups is 3. The van der Waals surface area contributed by atoms with Gasteiger partial charge in [0.05, 0.1) is 24.4 Å². The normalized spacial score (nSPS) is 44.5. The fourth-order valence-electron chi connectivity index (χ4n) is 9.42. The highest BCUT2D eigenvalue weighted by molar-refractivity contribution is 5.89. The number of fused-ring (bicyclic) bond motifs is 5. The average molecular weight is 485 g/mol. The first-order valence-electron chi connectivity index (χ1n) is 13.9. The summed E-state index contributed by atoms with van der Waals surface area (Å²) in [6, 6.07) is 9.24. The molecule has 1 aromatic carbocycles. The molecule has 4 aliphatic rings. The summed E-state index contributed by atoms with van der Waals surface area (Å²) in [5, 5.41) is 31.5. The van der Waals surface area contributed by atoms with Crippen LogP contribution in [0.3, 0.4) is 0 Å². The Morgan fingerprint density at radius 2 is 1.71 bits per heavy atom. The van der Waals surface area contributed by atoms with Gasteiger partial charge in [0.1, 0.15) is 6.10 Å². The Kier molecular flexibility index (Phi) is 6.82. The third-order valence-corrected chi connectivity index (χ3v) is 11.4. The summed E-state index contributed by atoms with van der Waals surface area (Å²) >= 11 is 0. The molecule has 4 aliphatic carbocycles. The Bertz CT molecular complexity index is 903. The van der Waals surface area contributed by atoms with Crippen molar-refractivity contribution in [2.75, 3.05) is 6.61 Å². The van der Waals surface area contributed by atoms with Gasteiger partial charge in [-0.05, 0) is 110 Å². The molecule has 0 bridgehead atoms. The molecule has 5 heteroatoms. The summed E-state index contributed by atoms with van der Waals surface area (Å²) in [5.41, 5.74) is 0.894. The third-order valence-electron chi connectivity index (χ3n) is 11.4. The number of benzene rings is 1. The standard InChI is InChI=1S/C30H44O5/c1-18(26(33)17-31)22-9-10-23-27-24(12-14-30(22,23)3)29(2)13-11-21(15-20(29)16-25(27)32)35-28(34)19-7-5-4-6-8-19/h4-8,18,20-27,31-33H,9-17H2,1-3H3/t18?,20?,21?,22-,23+,24+,25?,26?,27+,29+,30-/m1/s1. The molecule has 4 saturated carbocycles. The van der Waals surface area contributed by atoms with E-state index in [-0.39, 0.29) is 41.5 Å². The van der Waals surface area contributed by atoms with Crippen molar-refractivity contribution in [1.82, 2.24) is 0 Å². The minimum atomic E-state index is -0.666. The maximum atomic E-state index is 12.7. The molecule has 1 aromatic rings. The number of rotatable bonds is 5. The lowest BCUT2D eigenvalue weighted by Crippen LogP contribution is -2.59. The van der Waals surface area contributed by atoms with E-state index in [1.807, 2.05) is 18.2 Å². The van der Waals surface area contributed by atoms with Crippen LogP contribution in [0.1, 0.15) is 82.5 Å². The summed E-state index contributed by atoms with van der Waals surface area (Å²) in [7, 11) is 0. The van der Waals surface area contributed by atoms with E-state index in [0.29, 0.717) is 35.2 Å². The zero-order chi connectivity index (χ0) is 25.0. The first kappa shape index (κ1) is 25.2. The second-order valence-electron chi connectivity index (χ2n) is 12.8. The lowest BCUT2D eigenvalue weighted by molar-refractivity contribution is -0.176. The topological polar surface area (TPSA) is 87.0 Å². The Morgan fingerprint density at radius 3 is 2.43 bits per heavy atom. The molecule has 0 radical (unpaired) electrons. The van der Waals surface area contributed by atoms with Crippen molar-refractivity contribution in [3.05, 3.63) is 35.9 Å². The molecule has 0 aliphatic heterocycles. The van der Waals surface area contributed by atoms with E-state index >= 15 is 0 Å². The molecule has 5 nitrogen and oxygen atoms in total. The number of ether oxygens (including phenoxy) is 1. The van der Waals surface area contributed by atoms with Crippen LogP contribution in [0.2, 0.25) is 0 Å². The van der Waals surface area contributed by atoms with Crippen molar-refractivity contribution in [3.8, 4) is 0 Å². The Morgan fingerprint density at radius 1 is 1.03 bits per heavy atom. The van der Waals surface area contributed by atoms with Crippen molar-refractivity contribution in [2.45, 2.75) is 90.4 Å². The average Bonchev–Trinajstić information content (AvgIpc) is 3.21. The number of carbonyl (C=O) groups excluding carboxylic acids is 1. The molecule has 5 unspecified atom stereocenters. The molecule has 35 heavy (non-hydrogen) atoms. The smallest absolute Gasteiger partial charge is 0.338 e. The van der Waals surface area contributed by atoms with Crippen LogP contribution in [0.25, 0.3) is 0 Å². The van der Waals surface area contributed by atoms with E-state index in [2.05, 4.69) is 20.8 Å². The SMILES string of the molecule is CC(C(O)CO)[C@H]1CC[C@H]2[C@@H]3C(O)CC4CC(OC(=O)c5ccccc5)CC[C@]4(C)[C@H]3CC[C@]12C. The molecule has 0 saturated heterocycles. The lowest BCUT2D eigenvalue weighted by atomic mass is 9.43. The van der Waals surface area contributed by atoms with Crippen LogP contribution in [0, 0.1) is 46.3 Å². The van der Waals surface area contributed by atoms with Crippen molar-refractivity contribution >= 4 is 5.97 Å². The monoisotopic (exact) mass is 484 g/mol. The van der Waals surface area contributed by atoms with Gasteiger partial charge in [-0.15, -0.1) is 0 Å². The number of hydrogen-bond donors (Lipinski definition) is 3. The van der Waals surface area contributed by atoms with Crippen molar-refractivity contribution in [1.29, 1.82) is 0 Å². The van der Waals surface area contributed by atoms with Gasteiger partial charge in [0, 0.05) is 0 Å². The molecule has 0 heterocycles. The maximum absolute atomic E-state index is 12.7. The summed E-state index contributed by atoms with van der Waals surface area (Å²) in [6.07, 6.45) is 6.97. The maximum Gasteiger partial charge on any atom is 0.338 e. The van der Waals surface area contributed by atoms with Crippen LogP contribution < -0.4 is 0 Å². The summed E-state index contributed by atoms with van der Waals surface area (Å²) < 4.78 is 5.94. The highest BCUT2D eigenvalue weighted by atomic mass is 16.5. The molecule has 0 amide bonds. The van der Waals surface area contributed by atoms with Crippen molar-refractivity contribution in [3.63, 3.8) is 0 Å². The van der Waals surface area contributed by atoms with Gasteiger partial charge >= 0.3 is 5.97 Å². The largest absolute Gasteiger partial charge is 0.459 e. The van der Waals surface area contributed by atoms with Crippen LogP contribution in [0.5, 0.6) is 0 Å². The predicted molar refractivity (Wildman–Crippen MR) is 135 cm³/mol. The van der Waals surface area contributed by atoms with Gasteiger partial charge < -0.3 is 20.1 Å². The highest BCUT2D eigenvalue weighted by Crippen LogP contribution is 2.68. The van der Waals surface area contributed by atoms with E-state index in [4.69, 9.17) is 4.74 Å². The van der Waals surface area contributed by atoms with Gasteiger partial charge in [0.2, 0.25) is 0 Å². The molecule has 3 N–H and O–H groups in total. The number of aliphatic hydroxyl groups excluding tert-OH is 3. The van der Waals surface area contributed by atoms with Crippen molar-refractivity contribution < 1.29 is 24.9 Å². The van der Waals surface area contributed by atoms with E-state index in [0.717, 1.165) is 51.4 Å². The number of esters is 1. The van der Waals surface area contributed by atoms with Gasteiger partial charge in [-0.3, -0.25) is 0 Å². The molecule has 4 fully saturated rings. The Balaban J connectivity index is 1.31. The zero-order valence-electron chi connectivity index (χ0n) is 21.6. The van der Waals surface area contributed by atoms with Crippen LogP contribution in [0.15, 0.2) is 30.3 Å². The van der Waals surface area contributed by atoms with Crippen LogP contribution in [-0.4, -0.2) is 46.2 Å². The number of hydrogen-bond acceptors (Lipinski definition) is 5. The van der Waals surface area contributed by atoms with E-state index < -0.39 is 6.10 Å². The lowest BCUT2D eigenvalue weighted by Gasteiger charge is -2.62. The van der Waals surface area contributed by atoms with E-state index in [1.54, 1.807) is 12.1 Å².